The van der Waals surface area contributed by atoms with Crippen LogP contribution in [0.5, 0.6) is 11.5 Å². The first-order valence-corrected chi connectivity index (χ1v) is 11.9. The molecule has 1 aliphatic heterocycles. The van der Waals surface area contributed by atoms with Gasteiger partial charge in [-0.15, -0.1) is 0 Å². The van der Waals surface area contributed by atoms with E-state index in [-0.39, 0.29) is 15.8 Å². The Morgan fingerprint density at radius 2 is 1.89 bits per heavy atom. The summed E-state index contributed by atoms with van der Waals surface area (Å²) in [6, 6.07) is 8.81. The van der Waals surface area contributed by atoms with Crippen LogP contribution in [0.1, 0.15) is 17.5 Å². The molecule has 0 radical (unpaired) electrons. The SMILES string of the molecule is COc1ccc(CN(CCCN2CCOCC2)C(=S)Nc2cc(Cl)ccc2C(F)(F)F)c(OC)c1. The van der Waals surface area contributed by atoms with Gasteiger partial charge >= 0.3 is 6.18 Å². The fourth-order valence-electron chi connectivity index (χ4n) is 3.81. The molecular weight excluding hydrogens is 503 g/mol. The van der Waals surface area contributed by atoms with Crippen molar-refractivity contribution in [3.8, 4) is 11.5 Å². The van der Waals surface area contributed by atoms with Gasteiger partial charge in [-0.1, -0.05) is 11.6 Å². The molecule has 11 heteroatoms. The molecule has 1 heterocycles. The van der Waals surface area contributed by atoms with E-state index in [2.05, 4.69) is 10.2 Å². The molecule has 1 fully saturated rings. The van der Waals surface area contributed by atoms with Gasteiger partial charge in [0, 0.05) is 49.4 Å². The van der Waals surface area contributed by atoms with E-state index in [1.165, 1.54) is 12.1 Å². The monoisotopic (exact) mass is 531 g/mol. The molecule has 192 valence electrons. The van der Waals surface area contributed by atoms with Gasteiger partial charge in [0.1, 0.15) is 11.5 Å². The molecule has 1 N–H and O–H groups in total. The molecule has 35 heavy (non-hydrogen) atoms. The van der Waals surface area contributed by atoms with Gasteiger partial charge in [-0.25, -0.2) is 0 Å². The number of benzene rings is 2. The number of thiocarbonyl (C=S) groups is 1. The molecule has 0 saturated carbocycles. The van der Waals surface area contributed by atoms with Crippen LogP contribution in [0.4, 0.5) is 18.9 Å². The van der Waals surface area contributed by atoms with Gasteiger partial charge in [0.15, 0.2) is 5.11 Å². The minimum Gasteiger partial charge on any atom is -0.497 e. The van der Waals surface area contributed by atoms with Crippen molar-refractivity contribution in [2.24, 2.45) is 0 Å². The second-order valence-corrected chi connectivity index (χ2v) is 8.85. The lowest BCUT2D eigenvalue weighted by Gasteiger charge is -2.30. The van der Waals surface area contributed by atoms with Crippen molar-refractivity contribution >= 4 is 34.6 Å². The van der Waals surface area contributed by atoms with Gasteiger partial charge in [0.05, 0.1) is 38.7 Å². The molecule has 1 saturated heterocycles. The minimum absolute atomic E-state index is 0.164. The average Bonchev–Trinajstić information content (AvgIpc) is 2.83. The quantitative estimate of drug-likeness (QED) is 0.441. The van der Waals surface area contributed by atoms with E-state index in [1.807, 2.05) is 11.0 Å². The number of rotatable bonds is 9. The van der Waals surface area contributed by atoms with E-state index < -0.39 is 11.7 Å². The Balaban J connectivity index is 1.80. The lowest BCUT2D eigenvalue weighted by atomic mass is 10.1. The predicted molar refractivity (Wildman–Crippen MR) is 135 cm³/mol. The molecule has 0 bridgehead atoms. The highest BCUT2D eigenvalue weighted by atomic mass is 35.5. The second-order valence-electron chi connectivity index (χ2n) is 8.02. The Morgan fingerprint density at radius 3 is 2.54 bits per heavy atom. The van der Waals surface area contributed by atoms with Crippen LogP contribution in [0, 0.1) is 0 Å². The van der Waals surface area contributed by atoms with Crippen LogP contribution < -0.4 is 14.8 Å². The first-order chi connectivity index (χ1) is 16.7. The van der Waals surface area contributed by atoms with E-state index in [4.69, 9.17) is 38.0 Å². The summed E-state index contributed by atoms with van der Waals surface area (Å²) in [5.74, 6) is 1.24. The van der Waals surface area contributed by atoms with Crippen molar-refractivity contribution in [1.82, 2.24) is 9.80 Å². The van der Waals surface area contributed by atoms with Gasteiger partial charge in [0.25, 0.3) is 0 Å². The van der Waals surface area contributed by atoms with Crippen molar-refractivity contribution < 1.29 is 27.4 Å². The Hall–Kier alpha value is -2.27. The fourth-order valence-corrected chi connectivity index (χ4v) is 4.25. The molecule has 0 aliphatic carbocycles. The maximum absolute atomic E-state index is 13.6. The summed E-state index contributed by atoms with van der Waals surface area (Å²) < 4.78 is 56.9. The third kappa shape index (κ3) is 7.86. The van der Waals surface area contributed by atoms with Crippen LogP contribution in [0.25, 0.3) is 0 Å². The minimum atomic E-state index is -4.55. The van der Waals surface area contributed by atoms with Crippen LogP contribution >= 0.6 is 23.8 Å². The van der Waals surface area contributed by atoms with Gasteiger partial charge in [-0.3, -0.25) is 4.90 Å². The molecular formula is C24H29ClF3N3O3S. The lowest BCUT2D eigenvalue weighted by Crippen LogP contribution is -2.40. The van der Waals surface area contributed by atoms with Crippen LogP contribution in [0.15, 0.2) is 36.4 Å². The van der Waals surface area contributed by atoms with Crippen LogP contribution in [0.3, 0.4) is 0 Å². The summed E-state index contributed by atoms with van der Waals surface area (Å²) >= 11 is 11.6. The summed E-state index contributed by atoms with van der Waals surface area (Å²) in [5, 5.41) is 3.12. The van der Waals surface area contributed by atoms with Gasteiger partial charge in [0.2, 0.25) is 0 Å². The number of alkyl halides is 3. The molecule has 0 amide bonds. The Bertz CT molecular complexity index is 1000. The molecule has 0 aromatic heterocycles. The molecule has 2 aromatic rings. The molecule has 0 atom stereocenters. The highest BCUT2D eigenvalue weighted by molar-refractivity contribution is 7.80. The number of nitrogens with one attached hydrogen (secondary N) is 1. The topological polar surface area (TPSA) is 46.2 Å². The molecule has 0 unspecified atom stereocenters. The summed E-state index contributed by atoms with van der Waals surface area (Å²) in [4.78, 5) is 4.13. The van der Waals surface area contributed by atoms with Gasteiger partial charge < -0.3 is 24.4 Å². The Labute approximate surface area is 213 Å². The maximum Gasteiger partial charge on any atom is 0.418 e. The Kier molecular flexibility index (Phi) is 9.85. The highest BCUT2D eigenvalue weighted by Gasteiger charge is 2.34. The number of hydrogen-bond acceptors (Lipinski definition) is 5. The predicted octanol–water partition coefficient (Wildman–Crippen LogP) is 5.30. The number of morpholine rings is 1. The number of ether oxygens (including phenoxy) is 3. The zero-order chi connectivity index (χ0) is 25.4. The van der Waals surface area contributed by atoms with Gasteiger partial charge in [-0.05, 0) is 49.0 Å². The van der Waals surface area contributed by atoms with Crippen molar-refractivity contribution in [3.05, 3.63) is 52.5 Å². The molecule has 6 nitrogen and oxygen atoms in total. The summed E-state index contributed by atoms with van der Waals surface area (Å²) in [6.45, 7) is 4.79. The zero-order valence-corrected chi connectivity index (χ0v) is 21.2. The number of anilines is 1. The summed E-state index contributed by atoms with van der Waals surface area (Å²) in [7, 11) is 3.12. The summed E-state index contributed by atoms with van der Waals surface area (Å²) in [6.07, 6.45) is -3.79. The lowest BCUT2D eigenvalue weighted by molar-refractivity contribution is -0.136. The first kappa shape index (κ1) is 27.3. The van der Waals surface area contributed by atoms with E-state index in [9.17, 15) is 13.2 Å². The van der Waals surface area contributed by atoms with Crippen molar-refractivity contribution in [1.29, 1.82) is 0 Å². The number of nitrogens with zero attached hydrogens (tertiary/aromatic N) is 2. The third-order valence-corrected chi connectivity index (χ3v) is 6.27. The largest absolute Gasteiger partial charge is 0.497 e. The van der Waals surface area contributed by atoms with Gasteiger partial charge in [-0.2, -0.15) is 13.2 Å². The number of hydrogen-bond donors (Lipinski definition) is 1. The van der Waals surface area contributed by atoms with Crippen LogP contribution in [-0.2, 0) is 17.5 Å². The summed E-state index contributed by atoms with van der Waals surface area (Å²) in [5.41, 5.74) is -0.194. The van der Waals surface area contributed by atoms with Crippen molar-refractivity contribution in [2.75, 3.05) is 58.9 Å². The molecule has 0 spiro atoms. The van der Waals surface area contributed by atoms with E-state index in [1.54, 1.807) is 26.4 Å². The third-order valence-electron chi connectivity index (χ3n) is 5.68. The standard InChI is InChI=1S/C24H29ClF3N3O3S/c1-32-19-6-4-17(22(15-19)33-2)16-31(9-3-8-30-10-12-34-13-11-30)23(35)29-21-14-18(25)5-7-20(21)24(26,27)28/h4-7,14-15H,3,8-13,16H2,1-2H3,(H,29,35). The van der Waals surface area contributed by atoms with E-state index in [0.29, 0.717) is 37.8 Å². The Morgan fingerprint density at radius 1 is 1.14 bits per heavy atom. The fraction of sp³-hybridized carbons (Fsp3) is 0.458. The van der Waals surface area contributed by atoms with Crippen LogP contribution in [0.2, 0.25) is 5.02 Å². The van der Waals surface area contributed by atoms with Crippen molar-refractivity contribution in [3.63, 3.8) is 0 Å². The number of methoxy groups -OCH3 is 2. The van der Waals surface area contributed by atoms with Crippen LogP contribution in [-0.4, -0.2) is 68.5 Å². The molecule has 3 rings (SSSR count). The normalized spacial score (nSPS) is 14.5. The van der Waals surface area contributed by atoms with E-state index >= 15 is 0 Å². The van der Waals surface area contributed by atoms with Crippen molar-refractivity contribution in [2.45, 2.75) is 19.1 Å². The zero-order valence-electron chi connectivity index (χ0n) is 19.7. The van der Waals surface area contributed by atoms with E-state index in [0.717, 1.165) is 37.7 Å². The smallest absolute Gasteiger partial charge is 0.418 e. The molecule has 2 aromatic carbocycles. The second kappa shape index (κ2) is 12.6. The number of halogens is 4. The maximum atomic E-state index is 13.6. The molecule has 1 aliphatic rings. The first-order valence-electron chi connectivity index (χ1n) is 11.1. The highest BCUT2D eigenvalue weighted by Crippen LogP contribution is 2.36. The average molecular weight is 532 g/mol.